The molecule has 6 nitrogen and oxygen atoms in total. The van der Waals surface area contributed by atoms with E-state index in [4.69, 9.17) is 9.97 Å². The van der Waals surface area contributed by atoms with Crippen LogP contribution in [-0.4, -0.2) is 39.8 Å². The third-order valence-electron chi connectivity index (χ3n) is 6.50. The number of carbonyl (C=O) groups excluding carboxylic acids is 2. The van der Waals surface area contributed by atoms with Gasteiger partial charge in [0.25, 0.3) is 0 Å². The zero-order valence-electron chi connectivity index (χ0n) is 19.7. The van der Waals surface area contributed by atoms with E-state index in [1.807, 2.05) is 55.7 Å². The summed E-state index contributed by atoms with van der Waals surface area (Å²) in [6, 6.07) is 10.2. The number of aromatic nitrogens is 2. The van der Waals surface area contributed by atoms with E-state index in [9.17, 15) is 9.59 Å². The van der Waals surface area contributed by atoms with Gasteiger partial charge in [-0.05, 0) is 44.6 Å². The van der Waals surface area contributed by atoms with Crippen molar-refractivity contribution in [2.45, 2.75) is 72.3 Å². The number of nitrogens with zero attached hydrogens (tertiary/aromatic N) is 4. The summed E-state index contributed by atoms with van der Waals surface area (Å²) in [6.45, 7) is 9.25. The number of carbonyl (C=O) groups is 2. The summed E-state index contributed by atoms with van der Waals surface area (Å²) >= 11 is 0. The molecule has 4 rings (SSSR count). The highest BCUT2D eigenvalue weighted by atomic mass is 16.2. The van der Waals surface area contributed by atoms with Crippen molar-refractivity contribution < 1.29 is 9.59 Å². The van der Waals surface area contributed by atoms with Crippen molar-refractivity contribution in [2.24, 2.45) is 5.41 Å². The first-order chi connectivity index (χ1) is 15.3. The summed E-state index contributed by atoms with van der Waals surface area (Å²) in [4.78, 5) is 39.4. The van der Waals surface area contributed by atoms with E-state index in [1.54, 1.807) is 0 Å². The van der Waals surface area contributed by atoms with Crippen LogP contribution in [0.25, 0.3) is 0 Å². The van der Waals surface area contributed by atoms with Crippen molar-refractivity contribution in [1.29, 1.82) is 0 Å². The quantitative estimate of drug-likeness (QED) is 0.699. The fraction of sp³-hybridized carbons (Fsp3) is 0.538. The van der Waals surface area contributed by atoms with Crippen LogP contribution in [0.2, 0.25) is 0 Å². The van der Waals surface area contributed by atoms with Crippen molar-refractivity contribution in [2.75, 3.05) is 18.0 Å². The van der Waals surface area contributed by atoms with Gasteiger partial charge in [-0.25, -0.2) is 9.97 Å². The Morgan fingerprint density at radius 1 is 1.12 bits per heavy atom. The summed E-state index contributed by atoms with van der Waals surface area (Å²) in [5.74, 6) is 1.70. The smallest absolute Gasteiger partial charge is 0.228 e. The summed E-state index contributed by atoms with van der Waals surface area (Å²) in [6.07, 6.45) is 4.80. The van der Waals surface area contributed by atoms with Gasteiger partial charge in [-0.2, -0.15) is 0 Å². The number of benzene rings is 1. The number of likely N-dealkylation sites (tertiary alicyclic amines) is 1. The number of fused-ring (bicyclic) bond motifs is 1. The highest BCUT2D eigenvalue weighted by molar-refractivity contribution is 5.95. The van der Waals surface area contributed by atoms with Gasteiger partial charge in [0.15, 0.2) is 5.82 Å². The second-order valence-corrected chi connectivity index (χ2v) is 10.0. The molecule has 2 amide bonds. The third-order valence-corrected chi connectivity index (χ3v) is 6.50. The summed E-state index contributed by atoms with van der Waals surface area (Å²) in [5.41, 5.74) is 2.84. The number of hydrogen-bond acceptors (Lipinski definition) is 4. The number of rotatable bonds is 5. The molecule has 0 spiro atoms. The van der Waals surface area contributed by atoms with Crippen LogP contribution in [0.15, 0.2) is 30.3 Å². The first-order valence-electron chi connectivity index (χ1n) is 11.8. The van der Waals surface area contributed by atoms with Crippen LogP contribution in [0.5, 0.6) is 0 Å². The molecular formula is C26H34N4O2. The third kappa shape index (κ3) is 4.54. The van der Waals surface area contributed by atoms with Gasteiger partial charge >= 0.3 is 0 Å². The maximum atomic E-state index is 13.0. The van der Waals surface area contributed by atoms with E-state index in [0.717, 1.165) is 49.3 Å². The van der Waals surface area contributed by atoms with E-state index in [1.165, 1.54) is 5.56 Å². The molecule has 1 saturated heterocycles. The van der Waals surface area contributed by atoms with Gasteiger partial charge in [0.2, 0.25) is 11.8 Å². The molecule has 32 heavy (non-hydrogen) atoms. The fourth-order valence-corrected chi connectivity index (χ4v) is 4.78. The average molecular weight is 435 g/mol. The molecule has 0 N–H and O–H groups in total. The van der Waals surface area contributed by atoms with Crippen LogP contribution in [0.1, 0.15) is 75.1 Å². The van der Waals surface area contributed by atoms with E-state index in [0.29, 0.717) is 25.2 Å². The molecule has 170 valence electrons. The molecule has 0 aliphatic carbocycles. The molecule has 0 radical (unpaired) electrons. The Bertz CT molecular complexity index is 997. The Morgan fingerprint density at radius 3 is 2.59 bits per heavy atom. The Hall–Kier alpha value is -2.76. The summed E-state index contributed by atoms with van der Waals surface area (Å²) in [5, 5.41) is 0. The molecule has 0 saturated carbocycles. The van der Waals surface area contributed by atoms with Gasteiger partial charge in [-0.3, -0.25) is 14.5 Å². The molecule has 0 bridgehead atoms. The van der Waals surface area contributed by atoms with Gasteiger partial charge in [-0.1, -0.05) is 51.1 Å². The topological polar surface area (TPSA) is 66.4 Å². The predicted molar refractivity (Wildman–Crippen MR) is 125 cm³/mol. The average Bonchev–Trinajstić information content (AvgIpc) is 3.24. The van der Waals surface area contributed by atoms with Crippen LogP contribution in [0.4, 0.5) is 5.82 Å². The second-order valence-electron chi connectivity index (χ2n) is 10.0. The summed E-state index contributed by atoms with van der Waals surface area (Å²) < 4.78 is 0. The SMILES string of the molecule is Cc1nc([C@@H]2CCCN2C(=O)C(C)(C)C)nc2c1CCC(=O)N2CCCc1ccccc1. The number of aryl methyl sites for hydroxylation is 2. The minimum Gasteiger partial charge on any atom is -0.332 e. The largest absolute Gasteiger partial charge is 0.332 e. The predicted octanol–water partition coefficient (Wildman–Crippen LogP) is 4.41. The van der Waals surface area contributed by atoms with Crippen molar-refractivity contribution in [1.82, 2.24) is 14.9 Å². The molecular weight excluding hydrogens is 400 g/mol. The Kier molecular flexibility index (Phi) is 6.31. The molecule has 2 aliphatic rings. The Labute approximate surface area is 191 Å². The highest BCUT2D eigenvalue weighted by Gasteiger charge is 2.38. The molecule has 1 atom stereocenters. The van der Waals surface area contributed by atoms with E-state index < -0.39 is 5.41 Å². The molecule has 1 aromatic heterocycles. The summed E-state index contributed by atoms with van der Waals surface area (Å²) in [7, 11) is 0. The van der Waals surface area contributed by atoms with Crippen LogP contribution < -0.4 is 4.90 Å². The minimum atomic E-state index is -0.439. The Balaban J connectivity index is 1.59. The highest BCUT2D eigenvalue weighted by Crippen LogP contribution is 2.36. The molecule has 0 unspecified atom stereocenters. The van der Waals surface area contributed by atoms with Gasteiger partial charge in [-0.15, -0.1) is 0 Å². The lowest BCUT2D eigenvalue weighted by Gasteiger charge is -2.33. The zero-order valence-corrected chi connectivity index (χ0v) is 19.7. The first kappa shape index (κ1) is 22.4. The molecule has 6 heteroatoms. The molecule has 3 heterocycles. The van der Waals surface area contributed by atoms with E-state index in [2.05, 4.69) is 12.1 Å². The van der Waals surface area contributed by atoms with Crippen molar-refractivity contribution >= 4 is 17.6 Å². The van der Waals surface area contributed by atoms with Gasteiger partial charge in [0.1, 0.15) is 5.82 Å². The number of hydrogen-bond donors (Lipinski definition) is 0. The van der Waals surface area contributed by atoms with Gasteiger partial charge in [0.05, 0.1) is 6.04 Å². The van der Waals surface area contributed by atoms with Crippen LogP contribution in [-0.2, 0) is 22.4 Å². The minimum absolute atomic E-state index is 0.117. The molecule has 1 aromatic carbocycles. The monoisotopic (exact) mass is 434 g/mol. The van der Waals surface area contributed by atoms with Gasteiger partial charge in [0, 0.05) is 36.2 Å². The molecule has 2 aromatic rings. The van der Waals surface area contributed by atoms with Crippen molar-refractivity contribution in [3.8, 4) is 0 Å². The lowest BCUT2D eigenvalue weighted by atomic mass is 9.94. The Morgan fingerprint density at radius 2 is 1.88 bits per heavy atom. The molecule has 1 fully saturated rings. The van der Waals surface area contributed by atoms with Gasteiger partial charge < -0.3 is 4.90 Å². The van der Waals surface area contributed by atoms with Crippen molar-refractivity contribution in [3.63, 3.8) is 0 Å². The van der Waals surface area contributed by atoms with Crippen LogP contribution >= 0.6 is 0 Å². The van der Waals surface area contributed by atoms with Crippen LogP contribution in [0.3, 0.4) is 0 Å². The normalized spacial score (nSPS) is 18.8. The lowest BCUT2D eigenvalue weighted by molar-refractivity contribution is -0.140. The zero-order chi connectivity index (χ0) is 22.9. The fourth-order valence-electron chi connectivity index (χ4n) is 4.78. The standard InChI is InChI=1S/C26H34N4O2/c1-18-20-14-15-22(31)30(17-8-12-19-10-6-5-7-11-19)24(20)28-23(27-18)21-13-9-16-29(21)25(32)26(2,3)4/h5-7,10-11,21H,8-9,12-17H2,1-4H3/t21-/m0/s1. The second kappa shape index (κ2) is 9.00. The van der Waals surface area contributed by atoms with E-state index in [-0.39, 0.29) is 17.9 Å². The number of anilines is 1. The lowest BCUT2D eigenvalue weighted by Crippen LogP contribution is -2.40. The van der Waals surface area contributed by atoms with Crippen LogP contribution in [0, 0.1) is 12.3 Å². The maximum absolute atomic E-state index is 13.0. The maximum Gasteiger partial charge on any atom is 0.228 e. The van der Waals surface area contributed by atoms with E-state index >= 15 is 0 Å². The number of amides is 2. The molecule has 2 aliphatic heterocycles. The first-order valence-corrected chi connectivity index (χ1v) is 11.8. The van der Waals surface area contributed by atoms with Crippen molar-refractivity contribution in [3.05, 3.63) is 53.0 Å².